The molecule has 0 amide bonds. The molecule has 2 aromatic carbocycles. The molecule has 1 atom stereocenters. The highest BCUT2D eigenvalue weighted by atomic mass is 16.4. The van der Waals surface area contributed by atoms with Crippen LogP contribution in [-0.2, 0) is 12.8 Å². The molecule has 0 unspecified atom stereocenters. The number of fused-ring (bicyclic) bond motifs is 1. The normalized spacial score (nSPS) is 23.0. The van der Waals surface area contributed by atoms with Crippen LogP contribution in [0.3, 0.4) is 0 Å². The molecule has 1 heterocycles. The maximum absolute atomic E-state index is 11.2. The summed E-state index contributed by atoms with van der Waals surface area (Å²) >= 11 is 0. The maximum Gasteiger partial charge on any atom is 0.335 e. The zero-order valence-corrected chi connectivity index (χ0v) is 13.2. The number of anilines is 1. The minimum atomic E-state index is -0.829. The van der Waals surface area contributed by atoms with Gasteiger partial charge in [0.25, 0.3) is 0 Å². The Bertz CT molecular complexity index is 741. The summed E-state index contributed by atoms with van der Waals surface area (Å²) in [5.74, 6) is -0.829. The summed E-state index contributed by atoms with van der Waals surface area (Å²) in [5, 5.41) is 9.23. The molecule has 3 heteroatoms. The lowest BCUT2D eigenvalue weighted by atomic mass is 9.71. The Balaban J connectivity index is 1.58. The molecule has 1 saturated heterocycles. The second kappa shape index (κ2) is 5.41. The van der Waals surface area contributed by atoms with Gasteiger partial charge in [-0.15, -0.1) is 0 Å². The summed E-state index contributed by atoms with van der Waals surface area (Å²) < 4.78 is 0. The summed E-state index contributed by atoms with van der Waals surface area (Å²) in [7, 11) is 0. The third kappa shape index (κ3) is 2.61. The van der Waals surface area contributed by atoms with Crippen molar-refractivity contribution in [1.82, 2.24) is 0 Å². The van der Waals surface area contributed by atoms with Gasteiger partial charge in [-0.05, 0) is 66.5 Å². The van der Waals surface area contributed by atoms with Crippen molar-refractivity contribution in [3.05, 3.63) is 65.2 Å². The monoisotopic (exact) mass is 307 g/mol. The zero-order chi connectivity index (χ0) is 15.9. The van der Waals surface area contributed by atoms with Gasteiger partial charge in [-0.2, -0.15) is 0 Å². The number of carboxylic acid groups (broad SMARTS) is 1. The Hall–Kier alpha value is -2.29. The fraction of sp³-hybridized carbons (Fsp3) is 0.350. The molecule has 1 N–H and O–H groups in total. The van der Waals surface area contributed by atoms with Crippen LogP contribution in [-0.4, -0.2) is 24.2 Å². The number of hydrogen-bond donors (Lipinski definition) is 1. The molecule has 4 rings (SSSR count). The molecule has 2 aromatic rings. The number of benzene rings is 2. The predicted molar refractivity (Wildman–Crippen MR) is 91.1 cm³/mol. The molecular weight excluding hydrogens is 286 g/mol. The van der Waals surface area contributed by atoms with Gasteiger partial charge in [-0.3, -0.25) is 0 Å². The lowest BCUT2D eigenvalue weighted by molar-refractivity contribution is 0.0696. The number of carboxylic acids is 1. The summed E-state index contributed by atoms with van der Waals surface area (Å²) in [4.78, 5) is 13.7. The highest BCUT2D eigenvalue weighted by Gasteiger charge is 2.40. The van der Waals surface area contributed by atoms with Crippen molar-refractivity contribution in [3.8, 4) is 0 Å². The van der Waals surface area contributed by atoms with Crippen LogP contribution in [0.25, 0.3) is 0 Å². The molecule has 0 aromatic heterocycles. The first-order valence-corrected chi connectivity index (χ1v) is 8.30. The predicted octanol–water partition coefficient (Wildman–Crippen LogP) is 3.77. The second-order valence-corrected chi connectivity index (χ2v) is 6.97. The topological polar surface area (TPSA) is 40.5 Å². The van der Waals surface area contributed by atoms with Crippen molar-refractivity contribution in [2.75, 3.05) is 18.0 Å². The number of aromatic carboxylic acids is 1. The highest BCUT2D eigenvalue weighted by molar-refractivity contribution is 5.88. The minimum absolute atomic E-state index is 0.306. The van der Waals surface area contributed by atoms with E-state index in [1.807, 2.05) is 12.1 Å². The number of nitrogens with zero attached hydrogens (tertiary/aromatic N) is 1. The lowest BCUT2D eigenvalue weighted by Gasteiger charge is -2.35. The Morgan fingerprint density at radius 1 is 1.04 bits per heavy atom. The molecule has 1 aliphatic carbocycles. The minimum Gasteiger partial charge on any atom is -0.478 e. The zero-order valence-electron chi connectivity index (χ0n) is 13.2. The third-order valence-electron chi connectivity index (χ3n) is 5.50. The fourth-order valence-electron chi connectivity index (χ4n) is 4.20. The van der Waals surface area contributed by atoms with Crippen molar-refractivity contribution in [2.45, 2.75) is 25.7 Å². The quantitative estimate of drug-likeness (QED) is 0.918. The van der Waals surface area contributed by atoms with Gasteiger partial charge in [-0.25, -0.2) is 4.79 Å². The Kier molecular flexibility index (Phi) is 3.37. The SMILES string of the molecule is O=C(O)c1ccc2c(c1)C[C@@]1(CC2)CCN(c2ccccc2)C1. The van der Waals surface area contributed by atoms with Crippen LogP contribution >= 0.6 is 0 Å². The molecule has 1 aliphatic heterocycles. The number of para-hydroxylation sites is 1. The van der Waals surface area contributed by atoms with Gasteiger partial charge in [-0.1, -0.05) is 24.3 Å². The summed E-state index contributed by atoms with van der Waals surface area (Å²) in [6, 6.07) is 16.2. The van der Waals surface area contributed by atoms with Crippen molar-refractivity contribution in [3.63, 3.8) is 0 Å². The molecule has 1 fully saturated rings. The van der Waals surface area contributed by atoms with Crippen LogP contribution in [0.5, 0.6) is 0 Å². The highest BCUT2D eigenvalue weighted by Crippen LogP contribution is 2.44. The Morgan fingerprint density at radius 3 is 2.65 bits per heavy atom. The van der Waals surface area contributed by atoms with Crippen molar-refractivity contribution in [2.24, 2.45) is 5.41 Å². The van der Waals surface area contributed by atoms with Gasteiger partial charge in [0.15, 0.2) is 0 Å². The average Bonchev–Trinajstić information content (AvgIpc) is 2.98. The third-order valence-corrected chi connectivity index (χ3v) is 5.50. The van der Waals surface area contributed by atoms with Crippen LogP contribution in [0, 0.1) is 5.41 Å². The van der Waals surface area contributed by atoms with Crippen LogP contribution in [0.15, 0.2) is 48.5 Å². The van der Waals surface area contributed by atoms with E-state index in [4.69, 9.17) is 0 Å². The van der Waals surface area contributed by atoms with Gasteiger partial charge in [0.2, 0.25) is 0 Å². The maximum atomic E-state index is 11.2. The second-order valence-electron chi connectivity index (χ2n) is 6.97. The van der Waals surface area contributed by atoms with E-state index >= 15 is 0 Å². The van der Waals surface area contributed by atoms with Crippen LogP contribution < -0.4 is 4.90 Å². The summed E-state index contributed by atoms with van der Waals surface area (Å²) in [6.07, 6.45) is 4.47. The Morgan fingerprint density at radius 2 is 1.87 bits per heavy atom. The summed E-state index contributed by atoms with van der Waals surface area (Å²) in [5.41, 5.74) is 4.60. The van der Waals surface area contributed by atoms with Crippen LogP contribution in [0.2, 0.25) is 0 Å². The number of aryl methyl sites for hydroxylation is 1. The first-order chi connectivity index (χ1) is 11.2. The molecule has 3 nitrogen and oxygen atoms in total. The molecular formula is C20H21NO2. The number of rotatable bonds is 2. The van der Waals surface area contributed by atoms with Gasteiger partial charge < -0.3 is 10.0 Å². The van der Waals surface area contributed by atoms with Crippen molar-refractivity contribution >= 4 is 11.7 Å². The van der Waals surface area contributed by atoms with Gasteiger partial charge in [0.05, 0.1) is 5.56 Å². The molecule has 23 heavy (non-hydrogen) atoms. The van der Waals surface area contributed by atoms with E-state index in [1.165, 1.54) is 29.7 Å². The van der Waals surface area contributed by atoms with E-state index in [-0.39, 0.29) is 0 Å². The molecule has 0 saturated carbocycles. The largest absolute Gasteiger partial charge is 0.478 e. The van der Waals surface area contributed by atoms with Crippen LogP contribution in [0.4, 0.5) is 5.69 Å². The molecule has 0 bridgehead atoms. The van der Waals surface area contributed by atoms with E-state index in [2.05, 4.69) is 35.2 Å². The van der Waals surface area contributed by atoms with Gasteiger partial charge in [0.1, 0.15) is 0 Å². The molecule has 118 valence electrons. The number of carbonyl (C=O) groups is 1. The van der Waals surface area contributed by atoms with Crippen LogP contribution in [0.1, 0.15) is 34.3 Å². The van der Waals surface area contributed by atoms with Gasteiger partial charge in [0, 0.05) is 18.8 Å². The van der Waals surface area contributed by atoms with E-state index in [0.29, 0.717) is 11.0 Å². The van der Waals surface area contributed by atoms with E-state index in [1.54, 1.807) is 6.07 Å². The van der Waals surface area contributed by atoms with Crippen molar-refractivity contribution in [1.29, 1.82) is 0 Å². The Labute approximate surface area is 136 Å². The lowest BCUT2D eigenvalue weighted by Crippen LogP contribution is -2.32. The van der Waals surface area contributed by atoms with E-state index in [9.17, 15) is 9.90 Å². The average molecular weight is 307 g/mol. The first-order valence-electron chi connectivity index (χ1n) is 8.30. The molecule has 0 radical (unpaired) electrons. The fourth-order valence-corrected chi connectivity index (χ4v) is 4.20. The van der Waals surface area contributed by atoms with Gasteiger partial charge >= 0.3 is 5.97 Å². The smallest absolute Gasteiger partial charge is 0.335 e. The number of hydrogen-bond acceptors (Lipinski definition) is 2. The summed E-state index contributed by atoms with van der Waals surface area (Å²) in [6.45, 7) is 2.17. The standard InChI is InChI=1S/C20H21NO2/c22-19(23)16-7-6-15-8-9-20(13-17(15)12-16)10-11-21(14-20)18-4-2-1-3-5-18/h1-7,12H,8-11,13-14H2,(H,22,23)/t20-/m1/s1. The first kappa shape index (κ1) is 14.3. The van der Waals surface area contributed by atoms with E-state index < -0.39 is 5.97 Å². The molecule has 2 aliphatic rings. The van der Waals surface area contributed by atoms with E-state index in [0.717, 1.165) is 25.9 Å². The van der Waals surface area contributed by atoms with Crippen molar-refractivity contribution < 1.29 is 9.90 Å². The molecule has 1 spiro atoms.